The number of rotatable bonds is 4. The maximum Gasteiger partial charge on any atom is 0.328 e. The Balaban J connectivity index is 2.34. The molecule has 0 aliphatic rings. The lowest BCUT2D eigenvalue weighted by Crippen LogP contribution is -2.37. The number of nitrogens with one attached hydrogen (secondary N) is 2. The van der Waals surface area contributed by atoms with Crippen molar-refractivity contribution >= 4 is 27.8 Å². The van der Waals surface area contributed by atoms with Gasteiger partial charge < -0.3 is 5.32 Å². The molecule has 0 fully saturated rings. The fourth-order valence-corrected chi connectivity index (χ4v) is 3.87. The summed E-state index contributed by atoms with van der Waals surface area (Å²) in [6.45, 7) is 1.98. The number of amides is 2. The molecule has 1 heterocycles. The molecule has 1 aromatic carbocycles. The molecule has 0 unspecified atom stereocenters. The van der Waals surface area contributed by atoms with E-state index in [1.165, 1.54) is 31.2 Å². The van der Waals surface area contributed by atoms with Gasteiger partial charge in [-0.15, -0.1) is 0 Å². The summed E-state index contributed by atoms with van der Waals surface area (Å²) < 4.78 is 26.4. The molecule has 0 bridgehead atoms. The zero-order chi connectivity index (χ0) is 16.2. The van der Waals surface area contributed by atoms with Gasteiger partial charge in [-0.2, -0.15) is 0 Å². The van der Waals surface area contributed by atoms with Gasteiger partial charge in [0.05, 0.1) is 0 Å². The fraction of sp³-hybridized carbons (Fsp3) is 0.143. The third-order valence-corrected chi connectivity index (χ3v) is 5.31. The molecule has 2 rings (SSSR count). The number of carbonyl (C=O) groups excluding carboxylic acids is 1. The molecule has 1 aromatic heterocycles. The molecular weight excluding hydrogens is 322 g/mol. The predicted octanol–water partition coefficient (Wildman–Crippen LogP) is 2.16. The molecule has 0 radical (unpaired) electrons. The van der Waals surface area contributed by atoms with Crippen molar-refractivity contribution in [1.29, 1.82) is 0 Å². The molecule has 116 valence electrons. The number of carbonyl (C=O) groups is 1. The van der Waals surface area contributed by atoms with Crippen LogP contribution in [0.15, 0.2) is 57.4 Å². The zero-order valence-electron chi connectivity index (χ0n) is 12.0. The molecule has 0 saturated carbocycles. The Morgan fingerprint density at radius 3 is 2.50 bits per heavy atom. The first-order valence-corrected chi connectivity index (χ1v) is 8.65. The van der Waals surface area contributed by atoms with E-state index < -0.39 is 16.1 Å². The van der Waals surface area contributed by atoms with E-state index in [1.807, 2.05) is 35.9 Å². The van der Waals surface area contributed by atoms with Gasteiger partial charge in [-0.1, -0.05) is 29.5 Å². The van der Waals surface area contributed by atoms with E-state index in [2.05, 4.69) is 10.3 Å². The number of hydrogen-bond acceptors (Lipinski definition) is 5. The van der Waals surface area contributed by atoms with Crippen LogP contribution in [-0.2, 0) is 10.0 Å². The number of pyridine rings is 1. The number of sulfonamides is 1. The second-order valence-electron chi connectivity index (χ2n) is 4.42. The Hall–Kier alpha value is -2.06. The Morgan fingerprint density at radius 1 is 1.18 bits per heavy atom. The fourth-order valence-electron chi connectivity index (χ4n) is 1.61. The molecular formula is C14H15N3O3S2. The number of aryl methyl sites for hydroxylation is 1. The second-order valence-corrected chi connectivity index (χ2v) is 7.19. The number of benzene rings is 1. The first-order chi connectivity index (χ1) is 10.4. The van der Waals surface area contributed by atoms with Crippen molar-refractivity contribution in [1.82, 2.24) is 15.0 Å². The largest absolute Gasteiger partial charge is 0.340 e. The Kier molecular flexibility index (Phi) is 5.04. The molecule has 8 heteroatoms. The Morgan fingerprint density at radius 2 is 1.86 bits per heavy atom. The second kappa shape index (κ2) is 6.80. The lowest BCUT2D eigenvalue weighted by atomic mass is 10.2. The van der Waals surface area contributed by atoms with Crippen molar-refractivity contribution in [3.05, 3.63) is 48.3 Å². The highest BCUT2D eigenvalue weighted by atomic mass is 32.2. The summed E-state index contributed by atoms with van der Waals surface area (Å²) in [6.07, 6.45) is 2.73. The molecule has 6 nitrogen and oxygen atoms in total. The average Bonchev–Trinajstić information content (AvgIpc) is 2.49. The lowest BCUT2D eigenvalue weighted by molar-refractivity contribution is 0.247. The molecule has 2 N–H and O–H groups in total. The van der Waals surface area contributed by atoms with E-state index in [9.17, 15) is 13.2 Å². The van der Waals surface area contributed by atoms with Crippen LogP contribution in [0, 0.1) is 6.92 Å². The van der Waals surface area contributed by atoms with Gasteiger partial charge in [0.15, 0.2) is 0 Å². The van der Waals surface area contributed by atoms with E-state index in [4.69, 9.17) is 0 Å². The van der Waals surface area contributed by atoms with Crippen LogP contribution < -0.4 is 10.0 Å². The van der Waals surface area contributed by atoms with E-state index in [1.54, 1.807) is 6.07 Å². The molecule has 2 amide bonds. The normalized spacial score (nSPS) is 11.0. The summed E-state index contributed by atoms with van der Waals surface area (Å²) in [5.74, 6) is 0. The monoisotopic (exact) mass is 337 g/mol. The highest BCUT2D eigenvalue weighted by Gasteiger charge is 2.21. The van der Waals surface area contributed by atoms with Gasteiger partial charge in [0.25, 0.3) is 10.0 Å². The standard InChI is InChI=1S/C14H15N3O3S2/c1-10-3-5-11(6-4-10)21-12-7-8-16-9-13(12)22(19,20)17-14(18)15-2/h3-9H,1-2H3,(H2,15,17,18). The zero-order valence-corrected chi connectivity index (χ0v) is 13.7. The summed E-state index contributed by atoms with van der Waals surface area (Å²) in [5, 5.41) is 2.21. The van der Waals surface area contributed by atoms with Crippen molar-refractivity contribution in [2.24, 2.45) is 0 Å². The van der Waals surface area contributed by atoms with E-state index in [0.29, 0.717) is 4.90 Å². The quantitative estimate of drug-likeness (QED) is 0.892. The average molecular weight is 337 g/mol. The van der Waals surface area contributed by atoms with Crippen LogP contribution in [0.5, 0.6) is 0 Å². The van der Waals surface area contributed by atoms with Crippen LogP contribution in [0.2, 0.25) is 0 Å². The van der Waals surface area contributed by atoms with Gasteiger partial charge in [-0.25, -0.2) is 17.9 Å². The van der Waals surface area contributed by atoms with Crippen molar-refractivity contribution in [2.45, 2.75) is 21.6 Å². The highest BCUT2D eigenvalue weighted by molar-refractivity contribution is 8.00. The van der Waals surface area contributed by atoms with Gasteiger partial charge >= 0.3 is 6.03 Å². The first kappa shape index (κ1) is 16.3. The number of urea groups is 1. The summed E-state index contributed by atoms with van der Waals surface area (Å²) in [5.41, 5.74) is 1.12. The maximum atomic E-state index is 12.2. The Labute approximate surface area is 133 Å². The van der Waals surface area contributed by atoms with Crippen LogP contribution in [-0.4, -0.2) is 26.5 Å². The van der Waals surface area contributed by atoms with Gasteiger partial charge in [-0.05, 0) is 25.1 Å². The summed E-state index contributed by atoms with van der Waals surface area (Å²) >= 11 is 1.29. The third-order valence-electron chi connectivity index (χ3n) is 2.74. The highest BCUT2D eigenvalue weighted by Crippen LogP contribution is 2.32. The van der Waals surface area contributed by atoms with Crippen LogP contribution in [0.4, 0.5) is 4.79 Å². The predicted molar refractivity (Wildman–Crippen MR) is 84.3 cm³/mol. The van der Waals surface area contributed by atoms with Crippen molar-refractivity contribution in [2.75, 3.05) is 7.05 Å². The van der Waals surface area contributed by atoms with Gasteiger partial charge in [0.2, 0.25) is 0 Å². The third kappa shape index (κ3) is 3.99. The van der Waals surface area contributed by atoms with Crippen molar-refractivity contribution in [3.8, 4) is 0 Å². The molecule has 0 saturated heterocycles. The molecule has 2 aromatic rings. The van der Waals surface area contributed by atoms with Gasteiger partial charge in [0.1, 0.15) is 4.90 Å². The van der Waals surface area contributed by atoms with Crippen LogP contribution >= 0.6 is 11.8 Å². The van der Waals surface area contributed by atoms with Crippen LogP contribution in [0.3, 0.4) is 0 Å². The number of hydrogen-bond donors (Lipinski definition) is 2. The van der Waals surface area contributed by atoms with E-state index in [0.717, 1.165) is 10.5 Å². The molecule has 0 spiro atoms. The van der Waals surface area contributed by atoms with Crippen LogP contribution in [0.1, 0.15) is 5.56 Å². The minimum atomic E-state index is -3.98. The molecule has 0 aliphatic carbocycles. The summed E-state index contributed by atoms with van der Waals surface area (Å²) in [4.78, 5) is 16.5. The molecule has 22 heavy (non-hydrogen) atoms. The topological polar surface area (TPSA) is 88.2 Å². The van der Waals surface area contributed by atoms with Gasteiger partial charge in [-0.3, -0.25) is 4.98 Å². The number of nitrogens with zero attached hydrogens (tertiary/aromatic N) is 1. The Bertz CT molecular complexity index is 774. The smallest absolute Gasteiger partial charge is 0.328 e. The summed E-state index contributed by atoms with van der Waals surface area (Å²) in [6, 6.07) is 8.51. The van der Waals surface area contributed by atoms with E-state index >= 15 is 0 Å². The SMILES string of the molecule is CNC(=O)NS(=O)(=O)c1cnccc1Sc1ccc(C)cc1. The molecule has 0 atom stereocenters. The first-order valence-electron chi connectivity index (χ1n) is 6.35. The maximum absolute atomic E-state index is 12.2. The van der Waals surface area contributed by atoms with Crippen LogP contribution in [0.25, 0.3) is 0 Å². The minimum absolute atomic E-state index is 0.0378. The lowest BCUT2D eigenvalue weighted by Gasteiger charge is -2.10. The number of aromatic nitrogens is 1. The van der Waals surface area contributed by atoms with Crippen molar-refractivity contribution < 1.29 is 13.2 Å². The van der Waals surface area contributed by atoms with Gasteiger partial charge in [0, 0.05) is 29.2 Å². The minimum Gasteiger partial charge on any atom is -0.340 e. The van der Waals surface area contributed by atoms with E-state index in [-0.39, 0.29) is 4.90 Å². The summed E-state index contributed by atoms with van der Waals surface area (Å²) in [7, 11) is -2.63. The van der Waals surface area contributed by atoms with Crippen molar-refractivity contribution in [3.63, 3.8) is 0 Å². The molecule has 0 aliphatic heterocycles.